The van der Waals surface area contributed by atoms with Crippen molar-refractivity contribution in [1.82, 2.24) is 9.71 Å². The zero-order valence-corrected chi connectivity index (χ0v) is 26.4. The van der Waals surface area contributed by atoms with E-state index in [9.17, 15) is 18.0 Å². The van der Waals surface area contributed by atoms with Gasteiger partial charge in [0.2, 0.25) is 15.9 Å². The number of nitrogens with one attached hydrogen (secondary N) is 1. The van der Waals surface area contributed by atoms with Gasteiger partial charge >= 0.3 is 0 Å². The quantitative estimate of drug-likeness (QED) is 0.206. The van der Waals surface area contributed by atoms with Crippen molar-refractivity contribution in [2.45, 2.75) is 39.0 Å². The standard InChI is InChI=1S/C34H35N3O7S/c1-6-23(24-12-9-10-14-28(24)42-5)33(38)36-45(40,41)20-22-15-16-27(21(4)18-22)37-19-26-29(34(37)39)31(43-7-2)25-13-11-17-35-30(25)32(26)44-8-3/h6,9-18,23H,1,7-8,19-20H2,2-5H3,(H,36,38). The lowest BCUT2D eigenvalue weighted by Gasteiger charge is -2.20. The lowest BCUT2D eigenvalue weighted by molar-refractivity contribution is -0.119. The number of pyridine rings is 1. The molecule has 4 aromatic rings. The highest BCUT2D eigenvalue weighted by Crippen LogP contribution is 2.45. The topological polar surface area (TPSA) is 124 Å². The third kappa shape index (κ3) is 6.08. The number of carbonyl (C=O) groups excluding carboxylic acids is 2. The number of sulfonamides is 1. The minimum atomic E-state index is -4.07. The Bertz CT molecular complexity index is 1910. The van der Waals surface area contributed by atoms with E-state index in [1.165, 1.54) is 13.2 Å². The Hall–Kier alpha value is -4.90. The van der Waals surface area contributed by atoms with Crippen molar-refractivity contribution in [2.75, 3.05) is 25.2 Å². The summed E-state index contributed by atoms with van der Waals surface area (Å²) in [6.45, 7) is 10.2. The molecule has 2 heterocycles. The molecule has 1 aliphatic heterocycles. The van der Waals surface area contributed by atoms with Crippen molar-refractivity contribution in [1.29, 1.82) is 0 Å². The first kappa shape index (κ1) is 31.5. The van der Waals surface area contributed by atoms with Crippen LogP contribution in [0.15, 0.2) is 73.4 Å². The molecule has 0 aliphatic carbocycles. The maximum absolute atomic E-state index is 13.9. The van der Waals surface area contributed by atoms with Crippen molar-refractivity contribution in [3.05, 3.63) is 101 Å². The van der Waals surface area contributed by atoms with E-state index in [0.717, 1.165) is 0 Å². The normalized spacial score (nSPS) is 13.3. The molecule has 1 unspecified atom stereocenters. The van der Waals surface area contributed by atoms with E-state index in [1.807, 2.05) is 19.9 Å². The zero-order valence-electron chi connectivity index (χ0n) is 25.6. The molecule has 45 heavy (non-hydrogen) atoms. The Morgan fingerprint density at radius 2 is 1.82 bits per heavy atom. The van der Waals surface area contributed by atoms with Crippen LogP contribution in [0.4, 0.5) is 5.69 Å². The summed E-state index contributed by atoms with van der Waals surface area (Å²) in [4.78, 5) is 33.1. The van der Waals surface area contributed by atoms with E-state index in [1.54, 1.807) is 66.6 Å². The number of carbonyl (C=O) groups is 2. The summed E-state index contributed by atoms with van der Waals surface area (Å²) in [5, 5.41) is 0.695. The molecule has 0 fully saturated rings. The number of ether oxygens (including phenoxy) is 3. The number of hydrogen-bond donors (Lipinski definition) is 1. The molecule has 0 saturated heterocycles. The van der Waals surface area contributed by atoms with Crippen molar-refractivity contribution in [2.24, 2.45) is 0 Å². The summed E-state index contributed by atoms with van der Waals surface area (Å²) in [7, 11) is -2.60. The molecule has 1 aliphatic rings. The van der Waals surface area contributed by atoms with E-state index >= 15 is 0 Å². The largest absolute Gasteiger partial charge is 0.496 e. The Balaban J connectivity index is 1.40. The maximum atomic E-state index is 13.9. The number of para-hydroxylation sites is 1. The van der Waals surface area contributed by atoms with Crippen LogP contribution in [-0.2, 0) is 27.1 Å². The number of anilines is 1. The first-order chi connectivity index (χ1) is 21.6. The predicted octanol–water partition coefficient (Wildman–Crippen LogP) is 5.43. The summed E-state index contributed by atoms with van der Waals surface area (Å²) in [6.07, 6.45) is 3.05. The molecular formula is C34H35N3O7S. The van der Waals surface area contributed by atoms with Crippen LogP contribution >= 0.6 is 0 Å². The van der Waals surface area contributed by atoms with Gasteiger partial charge in [0.15, 0.2) is 5.75 Å². The highest BCUT2D eigenvalue weighted by atomic mass is 32.2. The molecule has 234 valence electrons. The van der Waals surface area contributed by atoms with Crippen molar-refractivity contribution in [3.8, 4) is 17.2 Å². The minimum Gasteiger partial charge on any atom is -0.496 e. The zero-order chi connectivity index (χ0) is 32.3. The van der Waals surface area contributed by atoms with Crippen LogP contribution in [0.2, 0.25) is 0 Å². The number of methoxy groups -OCH3 is 1. The fourth-order valence-electron chi connectivity index (χ4n) is 5.71. The molecule has 3 aromatic carbocycles. The molecule has 2 amide bonds. The van der Waals surface area contributed by atoms with Gasteiger partial charge in [-0.05, 0) is 56.2 Å². The fraction of sp³-hybridized carbons (Fsp3) is 0.265. The monoisotopic (exact) mass is 629 g/mol. The van der Waals surface area contributed by atoms with Gasteiger partial charge in [-0.1, -0.05) is 36.4 Å². The third-order valence-corrected chi connectivity index (χ3v) is 8.81. The van der Waals surface area contributed by atoms with Crippen LogP contribution < -0.4 is 23.8 Å². The van der Waals surface area contributed by atoms with Crippen LogP contribution in [0.3, 0.4) is 0 Å². The van der Waals surface area contributed by atoms with E-state index in [2.05, 4.69) is 16.3 Å². The lowest BCUT2D eigenvalue weighted by atomic mass is 9.98. The van der Waals surface area contributed by atoms with Gasteiger partial charge in [-0.25, -0.2) is 8.42 Å². The Kier molecular flexibility index (Phi) is 9.10. The fourth-order valence-corrected chi connectivity index (χ4v) is 6.83. The summed E-state index contributed by atoms with van der Waals surface area (Å²) >= 11 is 0. The van der Waals surface area contributed by atoms with Gasteiger partial charge in [0.25, 0.3) is 5.91 Å². The number of hydrogen-bond acceptors (Lipinski definition) is 8. The molecule has 0 bridgehead atoms. The number of fused-ring (bicyclic) bond motifs is 2. The maximum Gasteiger partial charge on any atom is 0.262 e. The Morgan fingerprint density at radius 1 is 1.09 bits per heavy atom. The summed E-state index contributed by atoms with van der Waals surface area (Å²) in [6, 6.07) is 15.6. The molecule has 0 radical (unpaired) electrons. The minimum absolute atomic E-state index is 0.233. The number of nitrogens with zero attached hydrogens (tertiary/aromatic N) is 2. The number of benzene rings is 3. The second kappa shape index (κ2) is 13.0. The van der Waals surface area contributed by atoms with Crippen LogP contribution in [0, 0.1) is 6.92 Å². The molecule has 0 spiro atoms. The van der Waals surface area contributed by atoms with Gasteiger partial charge in [-0.2, -0.15) is 0 Å². The van der Waals surface area contributed by atoms with E-state index in [-0.39, 0.29) is 12.5 Å². The molecule has 0 saturated carbocycles. The molecule has 1 atom stereocenters. The van der Waals surface area contributed by atoms with E-state index in [0.29, 0.717) is 74.9 Å². The van der Waals surface area contributed by atoms with Gasteiger partial charge in [0, 0.05) is 28.4 Å². The average Bonchev–Trinajstić information content (AvgIpc) is 3.35. The van der Waals surface area contributed by atoms with E-state index < -0.39 is 27.6 Å². The van der Waals surface area contributed by atoms with Gasteiger partial charge in [-0.3, -0.25) is 19.3 Å². The molecule has 11 heteroatoms. The van der Waals surface area contributed by atoms with Crippen LogP contribution in [0.25, 0.3) is 10.9 Å². The first-order valence-electron chi connectivity index (χ1n) is 14.5. The number of rotatable bonds is 12. The average molecular weight is 630 g/mol. The van der Waals surface area contributed by atoms with Crippen LogP contribution in [0.5, 0.6) is 17.2 Å². The van der Waals surface area contributed by atoms with Crippen molar-refractivity contribution < 1.29 is 32.2 Å². The number of amides is 2. The van der Waals surface area contributed by atoms with Gasteiger partial charge < -0.3 is 19.1 Å². The van der Waals surface area contributed by atoms with Crippen molar-refractivity contribution >= 4 is 38.4 Å². The second-order valence-corrected chi connectivity index (χ2v) is 12.2. The van der Waals surface area contributed by atoms with Gasteiger partial charge in [0.05, 0.1) is 44.1 Å². The van der Waals surface area contributed by atoms with Crippen LogP contribution in [0.1, 0.15) is 52.4 Å². The SMILES string of the molecule is C=CC(C(=O)NS(=O)(=O)Cc1ccc(N2Cc3c(c(OCC)c4cccnc4c3OCC)C2=O)c(C)c1)c1ccccc1OC. The predicted molar refractivity (Wildman–Crippen MR) is 172 cm³/mol. The Labute approximate surface area is 262 Å². The second-order valence-electron chi connectivity index (χ2n) is 10.5. The Morgan fingerprint density at radius 3 is 2.51 bits per heavy atom. The molecule has 1 N–H and O–H groups in total. The summed E-state index contributed by atoms with van der Waals surface area (Å²) in [5.41, 5.74) is 4.01. The first-order valence-corrected chi connectivity index (χ1v) is 16.2. The molecule has 10 nitrogen and oxygen atoms in total. The van der Waals surface area contributed by atoms with Gasteiger partial charge in [-0.15, -0.1) is 6.58 Å². The number of aromatic nitrogens is 1. The summed E-state index contributed by atoms with van der Waals surface area (Å²) < 4.78 is 45.7. The highest BCUT2D eigenvalue weighted by molar-refractivity contribution is 7.89. The van der Waals surface area contributed by atoms with Crippen molar-refractivity contribution in [3.63, 3.8) is 0 Å². The van der Waals surface area contributed by atoms with Gasteiger partial charge in [0.1, 0.15) is 17.0 Å². The highest BCUT2D eigenvalue weighted by Gasteiger charge is 2.37. The van der Waals surface area contributed by atoms with Crippen LogP contribution in [-0.4, -0.2) is 45.5 Å². The summed E-state index contributed by atoms with van der Waals surface area (Å²) in [5.74, 6) is -0.894. The third-order valence-electron chi connectivity index (χ3n) is 7.58. The number of aryl methyl sites for hydroxylation is 1. The van der Waals surface area contributed by atoms with E-state index in [4.69, 9.17) is 14.2 Å². The molecule has 1 aromatic heterocycles. The molecular weight excluding hydrogens is 594 g/mol. The molecule has 5 rings (SSSR count). The lowest BCUT2D eigenvalue weighted by Crippen LogP contribution is -2.35. The smallest absolute Gasteiger partial charge is 0.262 e.